The van der Waals surface area contributed by atoms with E-state index in [0.29, 0.717) is 11.1 Å². The number of hydrogen-bond donors (Lipinski definition) is 6. The van der Waals surface area contributed by atoms with Crippen molar-refractivity contribution in [2.24, 2.45) is 5.73 Å². The zero-order valence-corrected chi connectivity index (χ0v) is 13.9. The maximum atomic E-state index is 11.6. The van der Waals surface area contributed by atoms with E-state index in [0.717, 1.165) is 0 Å². The van der Waals surface area contributed by atoms with Gasteiger partial charge in [-0.15, -0.1) is 0 Å². The van der Waals surface area contributed by atoms with Crippen LogP contribution in [-0.2, 0) is 22.4 Å². The van der Waals surface area contributed by atoms with E-state index in [1.54, 1.807) is 42.5 Å². The Kier molecular flexibility index (Phi) is 6.29. The standard InChI is InChI=1S/C18H21N3O5/c19-18(17(25)26,11-13-4-2-1-3-5-13)21-20-15(16(23)24)10-12-6-8-14(22)9-7-12/h1-9,15,20-22H,10-11,19H2,(H,23,24)(H,25,26). The molecule has 0 aliphatic rings. The zero-order valence-electron chi connectivity index (χ0n) is 13.9. The van der Waals surface area contributed by atoms with Crippen molar-refractivity contribution in [2.75, 3.05) is 0 Å². The molecule has 2 rings (SSSR count). The van der Waals surface area contributed by atoms with Gasteiger partial charge in [0.05, 0.1) is 0 Å². The minimum Gasteiger partial charge on any atom is -0.508 e. The molecular formula is C18H21N3O5. The Bertz CT molecular complexity index is 751. The van der Waals surface area contributed by atoms with Crippen molar-refractivity contribution in [1.29, 1.82) is 0 Å². The number of carboxylic acids is 2. The molecule has 2 atom stereocenters. The predicted octanol–water partition coefficient (Wildman–Crippen LogP) is 0.464. The lowest BCUT2D eigenvalue weighted by atomic mass is 10.0. The predicted molar refractivity (Wildman–Crippen MR) is 94.2 cm³/mol. The first-order chi connectivity index (χ1) is 12.3. The van der Waals surface area contributed by atoms with Crippen molar-refractivity contribution in [2.45, 2.75) is 24.5 Å². The number of hydrogen-bond acceptors (Lipinski definition) is 6. The van der Waals surface area contributed by atoms with E-state index in [4.69, 9.17) is 5.73 Å². The molecule has 0 saturated carbocycles. The second-order valence-electron chi connectivity index (χ2n) is 5.97. The Balaban J connectivity index is 2.07. The van der Waals surface area contributed by atoms with Crippen LogP contribution in [0.15, 0.2) is 54.6 Å². The van der Waals surface area contributed by atoms with Crippen LogP contribution in [0.25, 0.3) is 0 Å². The number of phenols is 1. The molecule has 0 fully saturated rings. The summed E-state index contributed by atoms with van der Waals surface area (Å²) in [5, 5.41) is 28.1. The third kappa shape index (κ3) is 5.28. The normalized spacial score (nSPS) is 14.3. The van der Waals surface area contributed by atoms with E-state index in [9.17, 15) is 24.9 Å². The number of carboxylic acid groups (broad SMARTS) is 2. The molecule has 8 heteroatoms. The van der Waals surface area contributed by atoms with Gasteiger partial charge in [-0.1, -0.05) is 42.5 Å². The van der Waals surface area contributed by atoms with Gasteiger partial charge in [0.2, 0.25) is 0 Å². The summed E-state index contributed by atoms with van der Waals surface area (Å²) in [6.07, 6.45) is 0.0331. The highest BCUT2D eigenvalue weighted by molar-refractivity contribution is 5.78. The van der Waals surface area contributed by atoms with Crippen molar-refractivity contribution in [3.05, 3.63) is 65.7 Å². The summed E-state index contributed by atoms with van der Waals surface area (Å²) in [5.74, 6) is -2.41. The Labute approximate surface area is 150 Å². The van der Waals surface area contributed by atoms with E-state index in [1.807, 2.05) is 0 Å². The van der Waals surface area contributed by atoms with E-state index in [1.165, 1.54) is 12.1 Å². The summed E-state index contributed by atoms with van der Waals surface area (Å²) in [4.78, 5) is 23.1. The number of phenolic OH excluding ortho intramolecular Hbond substituents is 1. The van der Waals surface area contributed by atoms with Crippen LogP contribution in [0.1, 0.15) is 11.1 Å². The maximum Gasteiger partial charge on any atom is 0.340 e. The van der Waals surface area contributed by atoms with Gasteiger partial charge < -0.3 is 21.1 Å². The molecule has 2 aromatic carbocycles. The summed E-state index contributed by atoms with van der Waals surface area (Å²) < 4.78 is 0. The number of benzene rings is 2. The second kappa shape index (κ2) is 8.43. The van der Waals surface area contributed by atoms with Crippen molar-refractivity contribution in [1.82, 2.24) is 10.9 Å². The quantitative estimate of drug-likeness (QED) is 0.280. The molecule has 26 heavy (non-hydrogen) atoms. The number of hydrazine groups is 1. The van der Waals surface area contributed by atoms with Gasteiger partial charge in [0.1, 0.15) is 11.8 Å². The van der Waals surface area contributed by atoms with Crippen LogP contribution in [0, 0.1) is 0 Å². The fraction of sp³-hybridized carbons (Fsp3) is 0.222. The second-order valence-corrected chi connectivity index (χ2v) is 5.97. The molecule has 2 unspecified atom stereocenters. The van der Waals surface area contributed by atoms with Crippen LogP contribution in [0.4, 0.5) is 0 Å². The van der Waals surface area contributed by atoms with Crippen molar-refractivity contribution in [3.63, 3.8) is 0 Å². The molecule has 0 aliphatic carbocycles. The number of aromatic hydroxyl groups is 1. The first-order valence-corrected chi connectivity index (χ1v) is 7.90. The first kappa shape index (κ1) is 19.4. The first-order valence-electron chi connectivity index (χ1n) is 7.90. The van der Waals surface area contributed by atoms with Crippen LogP contribution in [0.2, 0.25) is 0 Å². The molecule has 0 saturated heterocycles. The van der Waals surface area contributed by atoms with Crippen molar-refractivity contribution < 1.29 is 24.9 Å². The number of nitrogens with one attached hydrogen (secondary N) is 2. The highest BCUT2D eigenvalue weighted by atomic mass is 16.4. The fourth-order valence-corrected chi connectivity index (χ4v) is 2.37. The molecule has 2 aromatic rings. The van der Waals surface area contributed by atoms with Gasteiger partial charge >= 0.3 is 11.9 Å². The van der Waals surface area contributed by atoms with E-state index < -0.39 is 23.6 Å². The van der Waals surface area contributed by atoms with Crippen LogP contribution >= 0.6 is 0 Å². The van der Waals surface area contributed by atoms with Crippen LogP contribution in [0.3, 0.4) is 0 Å². The fourth-order valence-electron chi connectivity index (χ4n) is 2.37. The minimum absolute atomic E-state index is 0.0400. The molecule has 0 bridgehead atoms. The molecule has 8 nitrogen and oxygen atoms in total. The largest absolute Gasteiger partial charge is 0.508 e. The highest BCUT2D eigenvalue weighted by Gasteiger charge is 2.35. The van der Waals surface area contributed by atoms with Crippen LogP contribution < -0.4 is 16.6 Å². The van der Waals surface area contributed by atoms with E-state index in [2.05, 4.69) is 10.9 Å². The lowest BCUT2D eigenvalue weighted by molar-refractivity contribution is -0.147. The zero-order chi connectivity index (χ0) is 19.2. The third-order valence-corrected chi connectivity index (χ3v) is 3.85. The molecule has 7 N–H and O–H groups in total. The number of aliphatic carboxylic acids is 2. The van der Waals surface area contributed by atoms with Gasteiger partial charge in [0.25, 0.3) is 0 Å². The number of nitrogens with two attached hydrogens (primary N) is 1. The lowest BCUT2D eigenvalue weighted by Gasteiger charge is -2.28. The van der Waals surface area contributed by atoms with E-state index >= 15 is 0 Å². The van der Waals surface area contributed by atoms with Gasteiger partial charge in [0.15, 0.2) is 5.66 Å². The van der Waals surface area contributed by atoms with Crippen LogP contribution in [-0.4, -0.2) is 39.0 Å². The van der Waals surface area contributed by atoms with Gasteiger partial charge in [0, 0.05) is 6.42 Å². The lowest BCUT2D eigenvalue weighted by Crippen LogP contribution is -2.67. The summed E-state index contributed by atoms with van der Waals surface area (Å²) in [6.45, 7) is 0. The topological polar surface area (TPSA) is 145 Å². The Morgan fingerprint density at radius 1 is 1.00 bits per heavy atom. The Hall–Kier alpha value is -2.94. The molecule has 0 aromatic heterocycles. The summed E-state index contributed by atoms with van der Waals surface area (Å²) in [6, 6.07) is 13.7. The summed E-state index contributed by atoms with van der Waals surface area (Å²) >= 11 is 0. The van der Waals surface area contributed by atoms with Gasteiger partial charge in [-0.2, -0.15) is 0 Å². The van der Waals surface area contributed by atoms with Crippen molar-refractivity contribution >= 4 is 11.9 Å². The molecule has 0 spiro atoms. The molecular weight excluding hydrogens is 338 g/mol. The SMILES string of the molecule is NC(Cc1ccccc1)(NNC(Cc1ccc(O)cc1)C(=O)O)C(=O)O. The van der Waals surface area contributed by atoms with Crippen molar-refractivity contribution in [3.8, 4) is 5.75 Å². The minimum atomic E-state index is -1.88. The summed E-state index contributed by atoms with van der Waals surface area (Å²) in [7, 11) is 0. The van der Waals surface area contributed by atoms with Gasteiger partial charge in [-0.25, -0.2) is 15.6 Å². The average molecular weight is 359 g/mol. The number of carbonyl (C=O) groups is 2. The number of rotatable bonds is 9. The average Bonchev–Trinajstić information content (AvgIpc) is 2.60. The molecule has 0 amide bonds. The molecule has 0 radical (unpaired) electrons. The molecule has 138 valence electrons. The monoisotopic (exact) mass is 359 g/mol. The smallest absolute Gasteiger partial charge is 0.340 e. The van der Waals surface area contributed by atoms with E-state index in [-0.39, 0.29) is 18.6 Å². The molecule has 0 heterocycles. The Morgan fingerprint density at radius 3 is 2.15 bits per heavy atom. The third-order valence-electron chi connectivity index (χ3n) is 3.85. The summed E-state index contributed by atoms with van der Waals surface area (Å²) in [5.41, 5.74) is 10.4. The maximum absolute atomic E-state index is 11.6. The van der Waals surface area contributed by atoms with Gasteiger partial charge in [-0.05, 0) is 29.7 Å². The highest BCUT2D eigenvalue weighted by Crippen LogP contribution is 2.12. The Morgan fingerprint density at radius 2 is 1.62 bits per heavy atom. The van der Waals surface area contributed by atoms with Gasteiger partial charge in [-0.3, -0.25) is 4.79 Å². The van der Waals surface area contributed by atoms with Crippen LogP contribution in [0.5, 0.6) is 5.75 Å². The molecule has 0 aliphatic heterocycles.